The average Bonchev–Trinajstić information content (AvgIpc) is 3.15. The zero-order valence-electron chi connectivity index (χ0n) is 33.7. The van der Waals surface area contributed by atoms with Gasteiger partial charge in [-0.05, 0) is 108 Å². The molecule has 0 aliphatic rings. The van der Waals surface area contributed by atoms with Crippen molar-refractivity contribution in [2.45, 2.75) is 66.4 Å². The van der Waals surface area contributed by atoms with E-state index in [0.717, 1.165) is 23.3 Å². The van der Waals surface area contributed by atoms with Crippen molar-refractivity contribution in [1.82, 2.24) is 9.97 Å². The van der Waals surface area contributed by atoms with Crippen LogP contribution in [0.4, 0.5) is 49.1 Å². The first-order chi connectivity index (χ1) is 28.0. The summed E-state index contributed by atoms with van der Waals surface area (Å²) >= 11 is 0. The predicted molar refractivity (Wildman–Crippen MR) is 220 cm³/mol. The van der Waals surface area contributed by atoms with Gasteiger partial charge < -0.3 is 20.5 Å². The van der Waals surface area contributed by atoms with E-state index in [2.05, 4.69) is 20.6 Å². The Balaban J connectivity index is 0.000000230. The minimum atomic E-state index is -4.49. The zero-order chi connectivity index (χ0) is 44.2. The molecule has 0 unspecified atom stereocenters. The van der Waals surface area contributed by atoms with E-state index in [1.807, 2.05) is 13.0 Å². The Bertz CT molecular complexity index is 2550. The van der Waals surface area contributed by atoms with Gasteiger partial charge in [0, 0.05) is 11.1 Å². The first kappa shape index (κ1) is 44.4. The number of aromatic nitrogens is 2. The number of carboxylic acids is 1. The molecule has 312 valence electrons. The lowest BCUT2D eigenvalue weighted by Gasteiger charge is -2.21. The Kier molecular flexibility index (Phi) is 13.1. The number of hydrogen-bond acceptors (Lipinski definition) is 7. The van der Waals surface area contributed by atoms with Crippen LogP contribution in [0.15, 0.2) is 109 Å². The second-order valence-electron chi connectivity index (χ2n) is 15.0. The molecule has 0 saturated heterocycles. The van der Waals surface area contributed by atoms with Gasteiger partial charge >= 0.3 is 24.3 Å². The third-order valence-corrected chi connectivity index (χ3v) is 8.89. The second-order valence-corrected chi connectivity index (χ2v) is 15.0. The molecule has 6 aromatic rings. The lowest BCUT2D eigenvalue weighted by molar-refractivity contribution is -0.137. The van der Waals surface area contributed by atoms with Crippen molar-refractivity contribution in [3.63, 3.8) is 0 Å². The van der Waals surface area contributed by atoms with Crippen molar-refractivity contribution in [3.05, 3.63) is 154 Å². The smallest absolute Gasteiger partial charge is 0.417 e. The maximum Gasteiger partial charge on any atom is 0.417 e. The molecule has 0 atom stereocenters. The van der Waals surface area contributed by atoms with Gasteiger partial charge in [0.2, 0.25) is 0 Å². The number of nitrogens with zero attached hydrogens (tertiary/aromatic N) is 2. The molecule has 3 N–H and O–H groups in total. The van der Waals surface area contributed by atoms with Crippen LogP contribution in [0.1, 0.15) is 74.9 Å². The summed E-state index contributed by atoms with van der Waals surface area (Å²) in [7, 11) is 0. The van der Waals surface area contributed by atoms with Crippen molar-refractivity contribution < 1.29 is 45.8 Å². The van der Waals surface area contributed by atoms with Crippen LogP contribution < -0.4 is 10.6 Å². The summed E-state index contributed by atoms with van der Waals surface area (Å²) in [6.07, 6.45) is -6.12. The number of carbonyl (C=O) groups excluding carboxylic acids is 1. The van der Waals surface area contributed by atoms with Crippen molar-refractivity contribution in [2.75, 3.05) is 10.6 Å². The van der Waals surface area contributed by atoms with E-state index in [-0.39, 0.29) is 28.1 Å². The van der Waals surface area contributed by atoms with E-state index in [0.29, 0.717) is 39.4 Å². The number of carboxylic acid groups (broad SMARTS) is 1. The molecule has 0 radical (unpaired) electrons. The number of nitrogens with one attached hydrogen (secondary N) is 2. The van der Waals surface area contributed by atoms with Crippen LogP contribution in [-0.2, 0) is 17.1 Å². The van der Waals surface area contributed by atoms with E-state index >= 15 is 0 Å². The summed E-state index contributed by atoms with van der Waals surface area (Å²) < 4.78 is 85.6. The summed E-state index contributed by atoms with van der Waals surface area (Å²) in [4.78, 5) is 32.6. The molecule has 0 aliphatic heterocycles. The quantitative estimate of drug-likeness (QED) is 0.103. The monoisotopic (exact) mass is 828 g/mol. The summed E-state index contributed by atoms with van der Waals surface area (Å²) in [5, 5.41) is 15.5. The van der Waals surface area contributed by atoms with Crippen LogP contribution in [0.2, 0.25) is 0 Å². The lowest BCUT2D eigenvalue weighted by Crippen LogP contribution is -2.24. The second kappa shape index (κ2) is 17.7. The number of pyridine rings is 2. The number of anilines is 4. The number of halogens is 6. The standard InChI is InChI=1S/C25H25F3N2O2.C21H17F3N2O2/c1-15-10-11-21(19(12-15)23(31)32-24(3,4)5)30-17-13-16(2)22(29-14-17)18-8-6-7-9-20(18)25(26,27)28;1-12-7-8-18(16(9-12)20(27)28)26-14-10-13(2)19(25-11-14)15-5-3-4-6-17(15)21(22,23)24/h6-14,30H,1-5H3;3-11,26H,1-2H3,(H,27,28). The molecule has 0 spiro atoms. The molecule has 0 bridgehead atoms. The first-order valence-electron chi connectivity index (χ1n) is 18.5. The maximum atomic E-state index is 13.4. The molecule has 8 nitrogen and oxygen atoms in total. The minimum Gasteiger partial charge on any atom is -0.478 e. The molecular weight excluding hydrogens is 787 g/mol. The largest absolute Gasteiger partial charge is 0.478 e. The highest BCUT2D eigenvalue weighted by molar-refractivity contribution is 5.97. The van der Waals surface area contributed by atoms with Gasteiger partial charge in [0.25, 0.3) is 0 Å². The summed E-state index contributed by atoms with van der Waals surface area (Å²) in [5.41, 5.74) is 3.55. The van der Waals surface area contributed by atoms with Gasteiger partial charge in [-0.1, -0.05) is 59.7 Å². The van der Waals surface area contributed by atoms with Gasteiger partial charge in [-0.25, -0.2) is 9.59 Å². The third-order valence-electron chi connectivity index (χ3n) is 8.89. The number of esters is 1. The molecule has 2 aromatic heterocycles. The number of carbonyl (C=O) groups is 2. The highest BCUT2D eigenvalue weighted by Crippen LogP contribution is 2.39. The Morgan fingerprint density at radius 1 is 0.583 bits per heavy atom. The summed E-state index contributed by atoms with van der Waals surface area (Å²) in [6, 6.07) is 24.3. The van der Waals surface area contributed by atoms with E-state index in [4.69, 9.17) is 4.74 Å². The highest BCUT2D eigenvalue weighted by atomic mass is 19.4. The van der Waals surface area contributed by atoms with Gasteiger partial charge in [-0.15, -0.1) is 0 Å². The molecular formula is C46H42F6N4O4. The number of benzene rings is 4. The van der Waals surface area contributed by atoms with Crippen molar-refractivity contribution in [1.29, 1.82) is 0 Å². The van der Waals surface area contributed by atoms with Crippen LogP contribution in [0.25, 0.3) is 22.5 Å². The summed E-state index contributed by atoms with van der Waals surface area (Å²) in [6.45, 7) is 12.4. The Morgan fingerprint density at radius 3 is 1.37 bits per heavy atom. The number of aryl methyl sites for hydroxylation is 4. The van der Waals surface area contributed by atoms with E-state index < -0.39 is 41.0 Å². The fourth-order valence-electron chi connectivity index (χ4n) is 6.25. The first-order valence-corrected chi connectivity index (χ1v) is 18.5. The Morgan fingerprint density at radius 2 is 0.983 bits per heavy atom. The number of ether oxygens (including phenoxy) is 1. The number of hydrogen-bond donors (Lipinski definition) is 3. The van der Waals surface area contributed by atoms with Crippen LogP contribution in [-0.4, -0.2) is 32.6 Å². The molecule has 2 heterocycles. The minimum absolute atomic E-state index is 0.000566. The van der Waals surface area contributed by atoms with Gasteiger partial charge in [0.05, 0.1) is 68.8 Å². The maximum absolute atomic E-state index is 13.4. The Hall–Kier alpha value is -6.70. The number of rotatable bonds is 8. The number of alkyl halides is 6. The molecule has 60 heavy (non-hydrogen) atoms. The van der Waals surface area contributed by atoms with E-state index in [1.165, 1.54) is 42.7 Å². The number of aromatic carboxylic acids is 1. The summed E-state index contributed by atoms with van der Waals surface area (Å²) in [5.74, 6) is -1.55. The molecule has 0 aliphatic carbocycles. The van der Waals surface area contributed by atoms with Crippen molar-refractivity contribution >= 4 is 34.7 Å². The molecule has 0 amide bonds. The zero-order valence-corrected chi connectivity index (χ0v) is 33.7. The average molecular weight is 829 g/mol. The molecule has 0 saturated carbocycles. The molecule has 14 heteroatoms. The van der Waals surface area contributed by atoms with Crippen LogP contribution >= 0.6 is 0 Å². The topological polar surface area (TPSA) is 113 Å². The van der Waals surface area contributed by atoms with Crippen molar-refractivity contribution in [2.24, 2.45) is 0 Å². The fraction of sp³-hybridized carbons (Fsp3) is 0.217. The van der Waals surface area contributed by atoms with Crippen molar-refractivity contribution in [3.8, 4) is 22.5 Å². The van der Waals surface area contributed by atoms with Gasteiger partial charge in [-0.3, -0.25) is 9.97 Å². The van der Waals surface area contributed by atoms with Crippen LogP contribution in [0.5, 0.6) is 0 Å². The molecule has 4 aromatic carbocycles. The Labute approximate surface area is 343 Å². The van der Waals surface area contributed by atoms with E-state index in [1.54, 1.807) is 90.1 Å². The predicted octanol–water partition coefficient (Wildman–Crippen LogP) is 12.9. The van der Waals surface area contributed by atoms with Gasteiger partial charge in [-0.2, -0.15) is 26.3 Å². The fourth-order valence-corrected chi connectivity index (χ4v) is 6.25. The van der Waals surface area contributed by atoms with Gasteiger partial charge in [0.1, 0.15) is 5.60 Å². The molecule has 6 rings (SSSR count). The SMILES string of the molecule is Cc1ccc(Nc2cnc(-c3ccccc3C(F)(F)F)c(C)c2)c(C(=O)O)c1.Cc1ccc(Nc2cnc(-c3ccccc3C(F)(F)F)c(C)c2)c(C(=O)OC(C)(C)C)c1. The highest BCUT2D eigenvalue weighted by Gasteiger charge is 2.35. The van der Waals surface area contributed by atoms with Gasteiger partial charge in [0.15, 0.2) is 0 Å². The third kappa shape index (κ3) is 11.1. The molecule has 0 fully saturated rings. The van der Waals surface area contributed by atoms with Crippen LogP contribution in [0, 0.1) is 27.7 Å². The van der Waals surface area contributed by atoms with Crippen LogP contribution in [0.3, 0.4) is 0 Å². The van der Waals surface area contributed by atoms with E-state index in [9.17, 15) is 41.0 Å². The lowest BCUT2D eigenvalue weighted by atomic mass is 10.00. The normalized spacial score (nSPS) is 11.6.